The van der Waals surface area contributed by atoms with Crippen LogP contribution in [0.15, 0.2) is 55.1 Å². The van der Waals surface area contributed by atoms with Crippen LogP contribution in [0.3, 0.4) is 0 Å². The Hall–Kier alpha value is -2.88. The molecule has 25 heavy (non-hydrogen) atoms. The minimum atomic E-state index is -0.904. The van der Waals surface area contributed by atoms with Gasteiger partial charge in [0.1, 0.15) is 5.75 Å². The summed E-state index contributed by atoms with van der Waals surface area (Å²) in [5.74, 6) is 0.353. The predicted molar refractivity (Wildman–Crippen MR) is 98.1 cm³/mol. The third-order valence-corrected chi connectivity index (χ3v) is 4.37. The van der Waals surface area contributed by atoms with E-state index in [0.717, 1.165) is 22.2 Å². The number of aryl methyl sites for hydroxylation is 1. The molecule has 1 aromatic heterocycles. The molecule has 2 aromatic carbocycles. The lowest BCUT2D eigenvalue weighted by atomic mass is 9.99. The molecule has 0 spiro atoms. The number of ketones is 1. The van der Waals surface area contributed by atoms with Crippen LogP contribution in [0, 0.1) is 13.8 Å². The van der Waals surface area contributed by atoms with E-state index in [9.17, 15) is 9.18 Å². The number of carbonyl (C=O) groups is 1. The molecule has 0 saturated heterocycles. The van der Waals surface area contributed by atoms with Crippen LogP contribution in [0.25, 0.3) is 10.9 Å². The van der Waals surface area contributed by atoms with Crippen molar-refractivity contribution in [3.8, 4) is 5.75 Å². The van der Waals surface area contributed by atoms with Crippen LogP contribution in [0.1, 0.15) is 27.2 Å². The summed E-state index contributed by atoms with van der Waals surface area (Å²) in [4.78, 5) is 13.1. The summed E-state index contributed by atoms with van der Waals surface area (Å²) in [7, 11) is 0. The molecule has 0 saturated carbocycles. The van der Waals surface area contributed by atoms with Crippen molar-refractivity contribution in [2.75, 3.05) is 6.86 Å². The predicted octanol–water partition coefficient (Wildman–Crippen LogP) is 4.98. The van der Waals surface area contributed by atoms with Crippen LogP contribution in [-0.2, 0) is 6.54 Å². The molecule has 3 aromatic rings. The highest BCUT2D eigenvalue weighted by atomic mass is 19.1. The van der Waals surface area contributed by atoms with Crippen molar-refractivity contribution in [3.63, 3.8) is 0 Å². The number of halogens is 1. The number of benzene rings is 2. The normalized spacial score (nSPS) is 10.8. The van der Waals surface area contributed by atoms with Gasteiger partial charge < -0.3 is 9.30 Å². The van der Waals surface area contributed by atoms with Crippen molar-refractivity contribution in [3.05, 3.63) is 77.5 Å². The lowest BCUT2D eigenvalue weighted by Crippen LogP contribution is -2.05. The number of rotatable bonds is 6. The van der Waals surface area contributed by atoms with Gasteiger partial charge in [0, 0.05) is 28.7 Å². The Morgan fingerprint density at radius 3 is 2.56 bits per heavy atom. The molecule has 0 amide bonds. The molecule has 0 atom stereocenters. The first kappa shape index (κ1) is 17.0. The van der Waals surface area contributed by atoms with Gasteiger partial charge in [0.05, 0.1) is 5.56 Å². The summed E-state index contributed by atoms with van der Waals surface area (Å²) < 4.78 is 19.5. The summed E-state index contributed by atoms with van der Waals surface area (Å²) in [6.07, 6.45) is 1.79. The molecule has 0 aliphatic heterocycles. The minimum Gasteiger partial charge on any atom is -0.463 e. The van der Waals surface area contributed by atoms with Crippen molar-refractivity contribution in [2.45, 2.75) is 20.4 Å². The van der Waals surface area contributed by atoms with Crippen LogP contribution in [-0.4, -0.2) is 17.2 Å². The number of hydrogen-bond donors (Lipinski definition) is 0. The first-order valence-corrected chi connectivity index (χ1v) is 8.10. The zero-order chi connectivity index (χ0) is 18.0. The number of nitrogens with zero attached hydrogens (tertiary/aromatic N) is 1. The van der Waals surface area contributed by atoms with Crippen molar-refractivity contribution >= 4 is 16.7 Å². The molecule has 0 radical (unpaired) electrons. The highest BCUT2D eigenvalue weighted by Gasteiger charge is 2.21. The third-order valence-electron chi connectivity index (χ3n) is 4.37. The second-order valence-electron chi connectivity index (χ2n) is 5.99. The lowest BCUT2D eigenvalue weighted by molar-refractivity contribution is 0.103. The van der Waals surface area contributed by atoms with E-state index in [4.69, 9.17) is 4.74 Å². The van der Waals surface area contributed by atoms with Crippen molar-refractivity contribution in [1.82, 2.24) is 4.57 Å². The van der Waals surface area contributed by atoms with E-state index in [-0.39, 0.29) is 5.78 Å². The Morgan fingerprint density at radius 2 is 1.92 bits per heavy atom. The maximum Gasteiger partial charge on any atom is 0.228 e. The first-order valence-electron chi connectivity index (χ1n) is 8.10. The maximum atomic E-state index is 13.1. The number of alkyl halides is 1. The Bertz CT molecular complexity index is 939. The average molecular weight is 337 g/mol. The van der Waals surface area contributed by atoms with Gasteiger partial charge in [-0.25, -0.2) is 4.39 Å². The van der Waals surface area contributed by atoms with Crippen LogP contribution < -0.4 is 4.74 Å². The second-order valence-corrected chi connectivity index (χ2v) is 5.99. The fraction of sp³-hybridized carbons (Fsp3) is 0.190. The molecule has 4 heteroatoms. The van der Waals surface area contributed by atoms with Crippen LogP contribution in [0.2, 0.25) is 0 Å². The number of fused-ring (bicyclic) bond motifs is 1. The summed E-state index contributed by atoms with van der Waals surface area (Å²) in [6.45, 7) is 7.38. The van der Waals surface area contributed by atoms with Crippen molar-refractivity contribution in [2.24, 2.45) is 0 Å². The molecular formula is C21H20FNO2. The van der Waals surface area contributed by atoms with Gasteiger partial charge in [-0.15, -0.1) is 6.58 Å². The van der Waals surface area contributed by atoms with Crippen LogP contribution in [0.4, 0.5) is 4.39 Å². The van der Waals surface area contributed by atoms with Gasteiger partial charge in [-0.3, -0.25) is 4.79 Å². The molecule has 0 aliphatic carbocycles. The largest absolute Gasteiger partial charge is 0.463 e. The van der Waals surface area contributed by atoms with E-state index in [1.54, 1.807) is 18.2 Å². The second kappa shape index (κ2) is 6.93. The smallest absolute Gasteiger partial charge is 0.228 e. The SMILES string of the molecule is C=CCn1c(C)c(C(=O)c2ccc(C)cc2)c2cc(OCF)ccc21. The van der Waals surface area contributed by atoms with Gasteiger partial charge in [0.25, 0.3) is 0 Å². The molecule has 0 unspecified atom stereocenters. The average Bonchev–Trinajstić information content (AvgIpc) is 2.87. The Balaban J connectivity index is 2.22. The van der Waals surface area contributed by atoms with Gasteiger partial charge in [0.2, 0.25) is 6.86 Å². The number of ether oxygens (including phenoxy) is 1. The minimum absolute atomic E-state index is 0.0530. The van der Waals surface area contributed by atoms with E-state index in [1.807, 2.05) is 48.7 Å². The Labute approximate surface area is 146 Å². The Morgan fingerprint density at radius 1 is 1.20 bits per heavy atom. The third kappa shape index (κ3) is 3.07. The number of hydrogen-bond acceptors (Lipinski definition) is 2. The van der Waals surface area contributed by atoms with Crippen molar-refractivity contribution < 1.29 is 13.9 Å². The van der Waals surface area contributed by atoms with E-state index in [2.05, 4.69) is 6.58 Å². The quantitative estimate of drug-likeness (QED) is 0.469. The van der Waals surface area contributed by atoms with E-state index in [0.29, 0.717) is 23.4 Å². The van der Waals surface area contributed by atoms with Gasteiger partial charge in [-0.1, -0.05) is 35.9 Å². The zero-order valence-electron chi connectivity index (χ0n) is 14.4. The monoisotopic (exact) mass is 337 g/mol. The highest BCUT2D eigenvalue weighted by Crippen LogP contribution is 2.31. The summed E-state index contributed by atoms with van der Waals surface area (Å²) in [5, 5.41) is 0.760. The highest BCUT2D eigenvalue weighted by molar-refractivity contribution is 6.17. The molecule has 0 aliphatic rings. The van der Waals surface area contributed by atoms with Crippen molar-refractivity contribution in [1.29, 1.82) is 0 Å². The first-order chi connectivity index (χ1) is 12.1. The molecule has 1 heterocycles. The molecular weight excluding hydrogens is 317 g/mol. The number of allylic oxidation sites excluding steroid dienone is 1. The number of carbonyl (C=O) groups excluding carboxylic acids is 1. The van der Waals surface area contributed by atoms with Crippen LogP contribution >= 0.6 is 0 Å². The summed E-state index contributed by atoms with van der Waals surface area (Å²) in [5.41, 5.74) is 4.10. The van der Waals surface area contributed by atoms with Gasteiger partial charge in [0.15, 0.2) is 5.78 Å². The molecule has 3 nitrogen and oxygen atoms in total. The summed E-state index contributed by atoms with van der Waals surface area (Å²) in [6, 6.07) is 12.8. The van der Waals surface area contributed by atoms with E-state index >= 15 is 0 Å². The van der Waals surface area contributed by atoms with Crippen LogP contribution in [0.5, 0.6) is 5.75 Å². The standard InChI is InChI=1S/C21H20FNO2/c1-4-11-23-15(3)20(21(24)16-7-5-14(2)6-8-16)18-12-17(25-13-22)9-10-19(18)23/h4-10,12H,1,11,13H2,2-3H3. The fourth-order valence-electron chi connectivity index (χ4n) is 3.11. The van der Waals surface area contributed by atoms with Gasteiger partial charge in [-0.2, -0.15) is 0 Å². The molecule has 3 rings (SSSR count). The molecule has 0 fully saturated rings. The van der Waals surface area contributed by atoms with E-state index < -0.39 is 6.86 Å². The molecule has 128 valence electrons. The topological polar surface area (TPSA) is 31.2 Å². The molecule has 0 N–H and O–H groups in total. The number of aromatic nitrogens is 1. The lowest BCUT2D eigenvalue weighted by Gasteiger charge is -2.05. The summed E-state index contributed by atoms with van der Waals surface area (Å²) >= 11 is 0. The van der Waals surface area contributed by atoms with Gasteiger partial charge >= 0.3 is 0 Å². The fourth-order valence-corrected chi connectivity index (χ4v) is 3.11. The Kier molecular flexibility index (Phi) is 4.70. The zero-order valence-corrected chi connectivity index (χ0v) is 14.4. The molecule has 0 bridgehead atoms. The maximum absolute atomic E-state index is 13.1. The van der Waals surface area contributed by atoms with Gasteiger partial charge in [-0.05, 0) is 32.0 Å². The van der Waals surface area contributed by atoms with E-state index in [1.165, 1.54) is 0 Å².